The number of aromatic nitrogens is 1. The van der Waals surface area contributed by atoms with Crippen molar-refractivity contribution >= 4 is 29.8 Å². The van der Waals surface area contributed by atoms with Gasteiger partial charge >= 0.3 is 0 Å². The first-order chi connectivity index (χ1) is 7.66. The number of hydrogen-bond acceptors (Lipinski definition) is 0. The normalized spacial score (nSPS) is 11.3. The van der Waals surface area contributed by atoms with Gasteiger partial charge in [0.2, 0.25) is 0 Å². The first-order valence-electron chi connectivity index (χ1n) is 5.26. The van der Waals surface area contributed by atoms with Crippen molar-refractivity contribution in [2.45, 2.75) is 6.92 Å². The Morgan fingerprint density at radius 2 is 1.94 bits per heavy atom. The zero-order valence-electron chi connectivity index (χ0n) is 9.53. The van der Waals surface area contributed by atoms with E-state index in [4.69, 9.17) is 0 Å². The Morgan fingerprint density at radius 1 is 1.25 bits per heavy atom. The van der Waals surface area contributed by atoms with Crippen molar-refractivity contribution in [3.8, 4) is 0 Å². The second kappa shape index (κ2) is 3.86. The largest absolute Gasteiger partial charge is 0.310 e. The van der Waals surface area contributed by atoms with Crippen LogP contribution in [0, 0.1) is 0 Å². The molecule has 0 unspecified atom stereocenters. The molecule has 16 heavy (non-hydrogen) atoms. The molecule has 1 aromatic heterocycles. The molecule has 0 aliphatic heterocycles. The average molecular weight is 209 g/mol. The standard InChI is InChI=1S/C15H15N/c1-5-8-11(2)16-13(4)12(3)14-9-6-7-10-15(14)16/h5-10H,2-4H2,1H3/b8-5-. The van der Waals surface area contributed by atoms with E-state index in [1.807, 2.05) is 35.8 Å². The summed E-state index contributed by atoms with van der Waals surface area (Å²) in [4.78, 5) is 0. The maximum atomic E-state index is 4.07. The molecule has 0 saturated carbocycles. The predicted molar refractivity (Wildman–Crippen MR) is 72.4 cm³/mol. The maximum Gasteiger partial charge on any atom is 0.0540 e. The second-order valence-electron chi connectivity index (χ2n) is 3.77. The maximum absolute atomic E-state index is 4.07. The lowest BCUT2D eigenvalue weighted by molar-refractivity contribution is 1.12. The fraction of sp³-hybridized carbons (Fsp3) is 0.0667. The third-order valence-electron chi connectivity index (χ3n) is 2.73. The smallest absolute Gasteiger partial charge is 0.0540 e. The minimum absolute atomic E-state index is 0.907. The van der Waals surface area contributed by atoms with Crippen LogP contribution in [0.5, 0.6) is 0 Å². The van der Waals surface area contributed by atoms with Gasteiger partial charge in [0.05, 0.1) is 5.52 Å². The van der Waals surface area contributed by atoms with Crippen molar-refractivity contribution in [2.24, 2.45) is 0 Å². The number of fused-ring (bicyclic) bond motifs is 1. The Morgan fingerprint density at radius 3 is 2.62 bits per heavy atom. The summed E-state index contributed by atoms with van der Waals surface area (Å²) in [5.41, 5.74) is 2.03. The van der Waals surface area contributed by atoms with Crippen LogP contribution < -0.4 is 10.6 Å². The van der Waals surface area contributed by atoms with Crippen LogP contribution in [0.25, 0.3) is 29.8 Å². The molecule has 0 fully saturated rings. The van der Waals surface area contributed by atoms with Crippen LogP contribution in [-0.4, -0.2) is 4.57 Å². The van der Waals surface area contributed by atoms with Crippen LogP contribution in [0.4, 0.5) is 0 Å². The highest BCUT2D eigenvalue weighted by Gasteiger charge is 2.04. The highest BCUT2D eigenvalue weighted by atomic mass is 15.0. The van der Waals surface area contributed by atoms with Crippen LogP contribution in [0.2, 0.25) is 0 Å². The fourth-order valence-corrected chi connectivity index (χ4v) is 1.95. The van der Waals surface area contributed by atoms with E-state index in [1.54, 1.807) is 0 Å². The van der Waals surface area contributed by atoms with Gasteiger partial charge in [0, 0.05) is 21.7 Å². The van der Waals surface area contributed by atoms with Gasteiger partial charge in [-0.05, 0) is 19.1 Å². The van der Waals surface area contributed by atoms with Crippen molar-refractivity contribution < 1.29 is 0 Å². The van der Waals surface area contributed by atoms with E-state index >= 15 is 0 Å². The topological polar surface area (TPSA) is 4.93 Å². The minimum Gasteiger partial charge on any atom is -0.310 e. The number of benzene rings is 1. The summed E-state index contributed by atoms with van der Waals surface area (Å²) < 4.78 is 2.04. The fourth-order valence-electron chi connectivity index (χ4n) is 1.95. The quantitative estimate of drug-likeness (QED) is 0.670. The molecule has 0 spiro atoms. The molecular weight excluding hydrogens is 194 g/mol. The Balaban J connectivity index is 2.90. The molecule has 0 bridgehead atoms. The molecular formula is C15H15N. The molecule has 2 aromatic rings. The van der Waals surface area contributed by atoms with Crippen molar-refractivity contribution in [3.63, 3.8) is 0 Å². The lowest BCUT2D eigenvalue weighted by Gasteiger charge is -2.04. The first-order valence-corrected chi connectivity index (χ1v) is 5.26. The van der Waals surface area contributed by atoms with Crippen LogP contribution in [0.1, 0.15) is 6.92 Å². The van der Waals surface area contributed by atoms with Crippen LogP contribution in [0.3, 0.4) is 0 Å². The van der Waals surface area contributed by atoms with Gasteiger partial charge in [-0.3, -0.25) is 0 Å². The summed E-state index contributed by atoms with van der Waals surface area (Å²) in [5, 5.41) is 3.02. The van der Waals surface area contributed by atoms with Gasteiger partial charge in [-0.15, -0.1) is 0 Å². The average Bonchev–Trinajstić information content (AvgIpc) is 2.53. The molecule has 0 aliphatic rings. The first kappa shape index (κ1) is 10.5. The lowest BCUT2D eigenvalue weighted by atomic mass is 10.2. The molecule has 1 nitrogen and oxygen atoms in total. The van der Waals surface area contributed by atoms with Crippen LogP contribution in [0.15, 0.2) is 43.0 Å². The van der Waals surface area contributed by atoms with Crippen molar-refractivity contribution in [1.82, 2.24) is 4.57 Å². The number of nitrogens with zero attached hydrogens (tertiary/aromatic N) is 1. The predicted octanol–water partition coefficient (Wildman–Crippen LogP) is 2.51. The number of allylic oxidation sites excluding steroid dienone is 3. The molecule has 0 aliphatic carbocycles. The Labute approximate surface area is 95.3 Å². The second-order valence-corrected chi connectivity index (χ2v) is 3.77. The van der Waals surface area contributed by atoms with E-state index in [1.165, 1.54) is 0 Å². The van der Waals surface area contributed by atoms with Crippen molar-refractivity contribution in [3.05, 3.63) is 53.6 Å². The number of rotatable bonds is 2. The summed E-state index contributed by atoms with van der Waals surface area (Å²) >= 11 is 0. The minimum atomic E-state index is 0.907. The Kier molecular flexibility index (Phi) is 2.53. The Hall–Kier alpha value is -2.02. The molecule has 0 saturated heterocycles. The summed E-state index contributed by atoms with van der Waals surface area (Å²) in [6.07, 6.45) is 3.94. The van der Waals surface area contributed by atoms with E-state index in [9.17, 15) is 0 Å². The molecule has 1 heteroatoms. The molecule has 0 atom stereocenters. The summed E-state index contributed by atoms with van der Waals surface area (Å²) in [6.45, 7) is 14.2. The van der Waals surface area contributed by atoms with Gasteiger partial charge in [-0.2, -0.15) is 0 Å². The van der Waals surface area contributed by atoms with Gasteiger partial charge in [-0.25, -0.2) is 0 Å². The third kappa shape index (κ3) is 1.41. The van der Waals surface area contributed by atoms with Crippen molar-refractivity contribution in [1.29, 1.82) is 0 Å². The Bertz CT molecular complexity index is 671. The molecule has 2 rings (SSSR count). The van der Waals surface area contributed by atoms with Crippen LogP contribution in [-0.2, 0) is 0 Å². The number of para-hydroxylation sites is 1. The van der Waals surface area contributed by atoms with E-state index in [0.29, 0.717) is 0 Å². The van der Waals surface area contributed by atoms with E-state index in [0.717, 1.165) is 27.2 Å². The van der Waals surface area contributed by atoms with E-state index in [-0.39, 0.29) is 0 Å². The van der Waals surface area contributed by atoms with Gasteiger partial charge in [0.25, 0.3) is 0 Å². The summed E-state index contributed by atoms with van der Waals surface area (Å²) in [5.74, 6) is 0. The monoisotopic (exact) mass is 209 g/mol. The molecule has 1 aromatic carbocycles. The van der Waals surface area contributed by atoms with Gasteiger partial charge in [0.15, 0.2) is 0 Å². The van der Waals surface area contributed by atoms with E-state index < -0.39 is 0 Å². The van der Waals surface area contributed by atoms with E-state index in [2.05, 4.69) is 31.9 Å². The summed E-state index contributed by atoms with van der Waals surface area (Å²) in [7, 11) is 0. The third-order valence-corrected chi connectivity index (χ3v) is 2.73. The SMILES string of the molecule is C=C(/C=C\C)n1c(=C)c(=C)c2ccccc21. The molecule has 80 valence electrons. The van der Waals surface area contributed by atoms with Crippen LogP contribution >= 0.6 is 0 Å². The van der Waals surface area contributed by atoms with Crippen molar-refractivity contribution in [2.75, 3.05) is 0 Å². The number of hydrogen-bond donors (Lipinski definition) is 0. The summed E-state index contributed by atoms with van der Waals surface area (Å²) in [6, 6.07) is 8.15. The zero-order chi connectivity index (χ0) is 11.7. The lowest BCUT2D eigenvalue weighted by Crippen LogP contribution is -2.25. The molecule has 0 N–H and O–H groups in total. The molecule has 1 heterocycles. The highest BCUT2D eigenvalue weighted by molar-refractivity contribution is 5.85. The van der Waals surface area contributed by atoms with Gasteiger partial charge < -0.3 is 4.57 Å². The van der Waals surface area contributed by atoms with Gasteiger partial charge in [0.1, 0.15) is 0 Å². The highest BCUT2D eigenvalue weighted by Crippen LogP contribution is 2.12. The van der Waals surface area contributed by atoms with Gasteiger partial charge in [-0.1, -0.05) is 44.0 Å². The zero-order valence-corrected chi connectivity index (χ0v) is 9.53. The molecule has 0 amide bonds. The molecule has 0 radical (unpaired) electrons.